The highest BCUT2D eigenvalue weighted by atomic mass is 32.1. The molecule has 1 amide bonds. The largest absolute Gasteiger partial charge is 0.481 e. The molecule has 3 aromatic carbocycles. The standard InChI is InChI=1S/C33H31N3O5S/c37-31(38)16-17-34-32(39)25-8-6-22(7-9-25)19-36(27-13-10-24(11-14-27)23-4-2-1-3-5-23)33-35-28(20-42-33)26-12-15-29-30(18-26)41-21-40-29/h4,6-15,18,20H,1-3,5,16-17,19,21H2,(H,34,39)(H,37,38). The number of rotatable bonds is 10. The molecule has 8 nitrogen and oxygen atoms in total. The zero-order valence-electron chi connectivity index (χ0n) is 23.0. The molecule has 2 heterocycles. The minimum atomic E-state index is -0.946. The zero-order valence-corrected chi connectivity index (χ0v) is 23.9. The van der Waals surface area contributed by atoms with Gasteiger partial charge in [0.15, 0.2) is 16.6 Å². The van der Waals surface area contributed by atoms with Gasteiger partial charge in [0.1, 0.15) is 0 Å². The van der Waals surface area contributed by atoms with Crippen LogP contribution in [-0.4, -0.2) is 35.3 Å². The van der Waals surface area contributed by atoms with Gasteiger partial charge in [-0.2, -0.15) is 0 Å². The van der Waals surface area contributed by atoms with E-state index in [0.29, 0.717) is 12.1 Å². The van der Waals surface area contributed by atoms with Crippen LogP contribution in [-0.2, 0) is 11.3 Å². The second-order valence-electron chi connectivity index (χ2n) is 10.3. The molecular weight excluding hydrogens is 550 g/mol. The molecule has 0 atom stereocenters. The highest BCUT2D eigenvalue weighted by Crippen LogP contribution is 2.39. The Balaban J connectivity index is 1.25. The number of anilines is 2. The number of carboxylic acid groups (broad SMARTS) is 1. The molecule has 0 spiro atoms. The van der Waals surface area contributed by atoms with Crippen LogP contribution in [0.2, 0.25) is 0 Å². The van der Waals surface area contributed by atoms with E-state index in [-0.39, 0.29) is 25.7 Å². The minimum Gasteiger partial charge on any atom is -0.481 e. The molecular formula is C33H31N3O5S. The molecule has 6 rings (SSSR count). The summed E-state index contributed by atoms with van der Waals surface area (Å²) in [6.45, 7) is 0.869. The van der Waals surface area contributed by atoms with Gasteiger partial charge in [-0.05, 0) is 84.8 Å². The summed E-state index contributed by atoms with van der Waals surface area (Å²) in [6.07, 6.45) is 6.98. The number of aliphatic carboxylic acids is 1. The van der Waals surface area contributed by atoms with Crippen molar-refractivity contribution in [1.82, 2.24) is 10.3 Å². The molecule has 2 aliphatic rings. The summed E-state index contributed by atoms with van der Waals surface area (Å²) in [6, 6.07) is 21.9. The van der Waals surface area contributed by atoms with E-state index in [0.717, 1.165) is 52.0 Å². The summed E-state index contributed by atoms with van der Waals surface area (Å²) < 4.78 is 11.0. The molecule has 9 heteroatoms. The quantitative estimate of drug-likeness (QED) is 0.207. The number of thiazole rings is 1. The first-order valence-corrected chi connectivity index (χ1v) is 14.9. The molecule has 0 fully saturated rings. The van der Waals surface area contributed by atoms with Crippen molar-refractivity contribution in [2.75, 3.05) is 18.2 Å². The summed E-state index contributed by atoms with van der Waals surface area (Å²) in [7, 11) is 0. The number of hydrogen-bond acceptors (Lipinski definition) is 7. The number of carboxylic acids is 1. The van der Waals surface area contributed by atoms with E-state index >= 15 is 0 Å². The van der Waals surface area contributed by atoms with Gasteiger partial charge >= 0.3 is 5.97 Å². The molecule has 0 unspecified atom stereocenters. The molecule has 1 aromatic heterocycles. The van der Waals surface area contributed by atoms with Gasteiger partial charge in [0.2, 0.25) is 6.79 Å². The highest BCUT2D eigenvalue weighted by molar-refractivity contribution is 7.14. The van der Waals surface area contributed by atoms with Crippen molar-refractivity contribution in [2.45, 2.75) is 38.6 Å². The van der Waals surface area contributed by atoms with Gasteiger partial charge in [-0.3, -0.25) is 9.59 Å². The number of carbonyl (C=O) groups excluding carboxylic acids is 1. The second-order valence-corrected chi connectivity index (χ2v) is 11.1. The van der Waals surface area contributed by atoms with Gasteiger partial charge in [0, 0.05) is 28.7 Å². The van der Waals surface area contributed by atoms with E-state index in [1.165, 1.54) is 24.0 Å². The maximum atomic E-state index is 12.4. The molecule has 0 bridgehead atoms. The fourth-order valence-electron chi connectivity index (χ4n) is 5.13. The summed E-state index contributed by atoms with van der Waals surface area (Å²) >= 11 is 1.57. The topological polar surface area (TPSA) is 101 Å². The van der Waals surface area contributed by atoms with Gasteiger partial charge in [0.25, 0.3) is 5.91 Å². The second kappa shape index (κ2) is 12.5. The van der Waals surface area contributed by atoms with E-state index in [4.69, 9.17) is 19.6 Å². The van der Waals surface area contributed by atoms with Gasteiger partial charge < -0.3 is 24.8 Å². The van der Waals surface area contributed by atoms with E-state index in [1.54, 1.807) is 23.5 Å². The van der Waals surface area contributed by atoms with Crippen LogP contribution in [0, 0.1) is 0 Å². The van der Waals surface area contributed by atoms with Crippen molar-refractivity contribution in [3.05, 3.63) is 94.9 Å². The Morgan fingerprint density at radius 2 is 1.74 bits per heavy atom. The molecule has 0 saturated heterocycles. The van der Waals surface area contributed by atoms with Gasteiger partial charge in [-0.1, -0.05) is 30.3 Å². The highest BCUT2D eigenvalue weighted by Gasteiger charge is 2.19. The smallest absolute Gasteiger partial charge is 0.305 e. The number of ether oxygens (including phenoxy) is 2. The number of allylic oxidation sites excluding steroid dienone is 2. The molecule has 214 valence electrons. The monoisotopic (exact) mass is 581 g/mol. The number of carbonyl (C=O) groups is 2. The third-order valence-electron chi connectivity index (χ3n) is 7.41. The Kier molecular flexibility index (Phi) is 8.18. The average molecular weight is 582 g/mol. The number of hydrogen-bond donors (Lipinski definition) is 2. The van der Waals surface area contributed by atoms with Crippen LogP contribution in [0.15, 0.2) is 78.2 Å². The molecule has 1 aliphatic carbocycles. The summed E-state index contributed by atoms with van der Waals surface area (Å²) in [5, 5.41) is 14.4. The summed E-state index contributed by atoms with van der Waals surface area (Å²) in [4.78, 5) is 30.4. The van der Waals surface area contributed by atoms with Crippen LogP contribution in [0.5, 0.6) is 11.5 Å². The van der Waals surface area contributed by atoms with Crippen LogP contribution < -0.4 is 19.7 Å². The Hall–Kier alpha value is -4.63. The van der Waals surface area contributed by atoms with Crippen molar-refractivity contribution in [3.8, 4) is 22.8 Å². The first-order chi connectivity index (χ1) is 20.5. The van der Waals surface area contributed by atoms with Gasteiger partial charge in [-0.15, -0.1) is 11.3 Å². The maximum absolute atomic E-state index is 12.4. The lowest BCUT2D eigenvalue weighted by molar-refractivity contribution is -0.136. The molecule has 4 aromatic rings. The van der Waals surface area contributed by atoms with Crippen LogP contribution >= 0.6 is 11.3 Å². The first-order valence-electron chi connectivity index (χ1n) is 14.0. The summed E-state index contributed by atoms with van der Waals surface area (Å²) in [5.74, 6) is 0.222. The fourth-order valence-corrected chi connectivity index (χ4v) is 5.99. The normalized spacial score (nSPS) is 13.9. The Morgan fingerprint density at radius 3 is 2.50 bits per heavy atom. The van der Waals surface area contributed by atoms with Crippen LogP contribution in [0.4, 0.5) is 10.8 Å². The number of benzene rings is 3. The Bertz CT molecular complexity index is 1610. The lowest BCUT2D eigenvalue weighted by Gasteiger charge is -2.23. The molecule has 0 radical (unpaired) electrons. The minimum absolute atomic E-state index is 0.0896. The van der Waals surface area contributed by atoms with Crippen LogP contribution in [0.3, 0.4) is 0 Å². The number of aromatic nitrogens is 1. The maximum Gasteiger partial charge on any atom is 0.305 e. The van der Waals surface area contributed by atoms with Gasteiger partial charge in [0.05, 0.1) is 18.7 Å². The Morgan fingerprint density at radius 1 is 0.952 bits per heavy atom. The van der Waals surface area contributed by atoms with Crippen LogP contribution in [0.1, 0.15) is 53.6 Å². The number of nitrogens with zero attached hydrogens (tertiary/aromatic N) is 2. The molecule has 42 heavy (non-hydrogen) atoms. The zero-order chi connectivity index (χ0) is 28.9. The Labute approximate surface area is 248 Å². The van der Waals surface area contributed by atoms with E-state index in [1.807, 2.05) is 35.7 Å². The van der Waals surface area contributed by atoms with Crippen molar-refractivity contribution >= 4 is 39.6 Å². The van der Waals surface area contributed by atoms with Crippen molar-refractivity contribution in [1.29, 1.82) is 0 Å². The number of amides is 1. The lowest BCUT2D eigenvalue weighted by Crippen LogP contribution is -2.26. The van der Waals surface area contributed by atoms with E-state index in [9.17, 15) is 9.59 Å². The fraction of sp³-hybridized carbons (Fsp3) is 0.242. The predicted molar refractivity (Wildman–Crippen MR) is 163 cm³/mol. The van der Waals surface area contributed by atoms with E-state index < -0.39 is 5.97 Å². The third-order valence-corrected chi connectivity index (χ3v) is 8.28. The van der Waals surface area contributed by atoms with Gasteiger partial charge in [-0.25, -0.2) is 4.98 Å². The molecule has 2 N–H and O–H groups in total. The van der Waals surface area contributed by atoms with E-state index in [2.05, 4.69) is 40.6 Å². The first kappa shape index (κ1) is 27.5. The SMILES string of the molecule is O=C(O)CCNC(=O)c1ccc(CN(c2ccc(C3=CCCCC3)cc2)c2nc(-c3ccc4c(c3)OCO4)cs2)cc1. The van der Waals surface area contributed by atoms with Crippen LogP contribution in [0.25, 0.3) is 16.8 Å². The van der Waals surface area contributed by atoms with Crippen molar-refractivity contribution in [3.63, 3.8) is 0 Å². The molecule has 0 saturated carbocycles. The van der Waals surface area contributed by atoms with Crippen molar-refractivity contribution in [2.24, 2.45) is 0 Å². The molecule has 1 aliphatic heterocycles. The summed E-state index contributed by atoms with van der Waals surface area (Å²) in [5.41, 5.74) is 7.01. The third kappa shape index (κ3) is 6.31. The van der Waals surface area contributed by atoms with Crippen molar-refractivity contribution < 1.29 is 24.2 Å². The predicted octanol–water partition coefficient (Wildman–Crippen LogP) is 7.04. The number of fused-ring (bicyclic) bond motifs is 1. The average Bonchev–Trinajstić information content (AvgIpc) is 3.70. The lowest BCUT2D eigenvalue weighted by atomic mass is 9.93. The number of nitrogens with one attached hydrogen (secondary N) is 1.